The summed E-state index contributed by atoms with van der Waals surface area (Å²) in [4.78, 5) is 2.33. The summed E-state index contributed by atoms with van der Waals surface area (Å²) < 4.78 is 10.2. The van der Waals surface area contributed by atoms with Crippen LogP contribution in [0.1, 0.15) is 19.4 Å². The van der Waals surface area contributed by atoms with Gasteiger partial charge in [0.2, 0.25) is 0 Å². The maximum absolute atomic E-state index is 6.61. The van der Waals surface area contributed by atoms with Gasteiger partial charge in [-0.25, -0.2) is 9.45 Å². The number of hydrazone groups is 1. The molecule has 3 heterocycles. The molecule has 0 saturated carbocycles. The highest BCUT2D eigenvalue weighted by atomic mass is 32.4. The minimum absolute atomic E-state index is 0.143. The number of rotatable bonds is 2. The maximum atomic E-state index is 6.61. The van der Waals surface area contributed by atoms with Gasteiger partial charge in [-0.1, -0.05) is 62.1 Å². The van der Waals surface area contributed by atoms with Crippen LogP contribution in [0.2, 0.25) is 0 Å². The number of nitrogens with zero attached hydrogens (tertiary/aromatic N) is 4. The quantitative estimate of drug-likeness (QED) is 0.631. The monoisotopic (exact) mass is 438 g/mol. The molecule has 156 valence electrons. The van der Waals surface area contributed by atoms with Gasteiger partial charge < -0.3 is 9.64 Å². The molecule has 1 fully saturated rings. The zero-order valence-corrected chi connectivity index (χ0v) is 19.4. The third-order valence-electron chi connectivity index (χ3n) is 6.33. The summed E-state index contributed by atoms with van der Waals surface area (Å²) in [5, 5.41) is 6.10. The molecule has 0 N–H and O–H groups in total. The first kappa shape index (κ1) is 20.0. The number of allylic oxidation sites excluding steroid dienone is 2. The maximum Gasteiger partial charge on any atom is 0.154 e. The number of ether oxygens (including phenoxy) is 1. The molecule has 0 radical (unpaired) electrons. The van der Waals surface area contributed by atoms with E-state index in [9.17, 15) is 0 Å². The smallest absolute Gasteiger partial charge is 0.154 e. The minimum atomic E-state index is -2.35. The van der Waals surface area contributed by atoms with Crippen LogP contribution in [-0.2, 0) is 22.0 Å². The van der Waals surface area contributed by atoms with Crippen molar-refractivity contribution in [2.75, 3.05) is 43.0 Å². The van der Waals surface area contributed by atoms with Crippen molar-refractivity contribution in [3.8, 4) is 0 Å². The van der Waals surface area contributed by atoms with E-state index in [2.05, 4.69) is 83.8 Å². The van der Waals surface area contributed by atoms with Crippen molar-refractivity contribution in [3.05, 3.63) is 71.2 Å². The minimum Gasteiger partial charge on any atom is -0.379 e. The Bertz CT molecular complexity index is 1080. The zero-order chi connectivity index (χ0) is 20.9. The molecule has 2 aromatic rings. The van der Waals surface area contributed by atoms with Crippen LogP contribution in [0.15, 0.2) is 70.7 Å². The molecule has 0 aliphatic carbocycles. The Labute approximate surface area is 183 Å². The Balaban J connectivity index is 1.72. The molecule has 1 saturated heterocycles. The fourth-order valence-electron chi connectivity index (χ4n) is 4.89. The van der Waals surface area contributed by atoms with Crippen LogP contribution in [0.4, 0.5) is 11.4 Å². The number of fused-ring (bicyclic) bond motifs is 1. The van der Waals surface area contributed by atoms with E-state index >= 15 is 0 Å². The Morgan fingerprint density at radius 2 is 1.67 bits per heavy atom. The van der Waals surface area contributed by atoms with Crippen LogP contribution in [0, 0.1) is 0 Å². The summed E-state index contributed by atoms with van der Waals surface area (Å²) in [5.41, 5.74) is 4.76. The number of anilines is 2. The van der Waals surface area contributed by atoms with Crippen LogP contribution < -0.4 is 9.68 Å². The SMILES string of the molecule is CN1/C(=C2/C=NN(c3ccccc3)[P@]2(=S)N2CCOCC2)C(C)(C)c2ccccc21. The van der Waals surface area contributed by atoms with Gasteiger partial charge in [0.1, 0.15) is 0 Å². The van der Waals surface area contributed by atoms with E-state index in [0.29, 0.717) is 13.2 Å². The average molecular weight is 439 g/mol. The number of benzene rings is 2. The molecule has 5 nitrogen and oxygen atoms in total. The second-order valence-electron chi connectivity index (χ2n) is 8.41. The van der Waals surface area contributed by atoms with Gasteiger partial charge in [0.15, 0.2) is 6.34 Å². The predicted octanol–water partition coefficient (Wildman–Crippen LogP) is 4.77. The number of likely N-dealkylation sites (N-methyl/N-ethyl adjacent to an activating group) is 1. The first-order valence-corrected chi connectivity index (χ1v) is 13.1. The molecule has 1 atom stereocenters. The van der Waals surface area contributed by atoms with Gasteiger partial charge >= 0.3 is 0 Å². The third kappa shape index (κ3) is 2.82. The van der Waals surface area contributed by atoms with E-state index in [1.165, 1.54) is 22.3 Å². The fraction of sp³-hybridized carbons (Fsp3) is 0.348. The lowest BCUT2D eigenvalue weighted by atomic mass is 9.84. The highest BCUT2D eigenvalue weighted by Crippen LogP contribution is 2.67. The number of hydrogen-bond donors (Lipinski definition) is 0. The molecule has 5 rings (SSSR count). The van der Waals surface area contributed by atoms with E-state index in [1.54, 1.807) is 0 Å². The van der Waals surface area contributed by atoms with Gasteiger partial charge in [0.25, 0.3) is 0 Å². The van der Waals surface area contributed by atoms with Gasteiger partial charge in [-0.2, -0.15) is 5.10 Å². The lowest BCUT2D eigenvalue weighted by molar-refractivity contribution is 0.0748. The molecule has 0 bridgehead atoms. The first-order chi connectivity index (χ1) is 14.5. The first-order valence-electron chi connectivity index (χ1n) is 10.4. The van der Waals surface area contributed by atoms with Crippen LogP contribution in [0.25, 0.3) is 0 Å². The van der Waals surface area contributed by atoms with Crippen molar-refractivity contribution in [1.82, 2.24) is 4.67 Å². The third-order valence-corrected chi connectivity index (χ3v) is 11.0. The number of hydrogen-bond acceptors (Lipinski definition) is 4. The lowest BCUT2D eigenvalue weighted by Gasteiger charge is -2.41. The molecular formula is C23H27N4OPS. The summed E-state index contributed by atoms with van der Waals surface area (Å²) >= 11 is 6.61. The molecule has 0 aromatic heterocycles. The largest absolute Gasteiger partial charge is 0.379 e. The Hall–Kier alpha value is -1.98. The fourth-order valence-corrected chi connectivity index (χ4v) is 9.19. The van der Waals surface area contributed by atoms with Crippen molar-refractivity contribution in [2.45, 2.75) is 19.3 Å². The van der Waals surface area contributed by atoms with Gasteiger partial charge in [-0.15, -0.1) is 0 Å². The van der Waals surface area contributed by atoms with Gasteiger partial charge in [-0.05, 0) is 23.8 Å². The molecule has 7 heteroatoms. The molecule has 0 amide bonds. The van der Waals surface area contributed by atoms with Crippen LogP contribution in [0.5, 0.6) is 0 Å². The Morgan fingerprint density at radius 1 is 1.00 bits per heavy atom. The second-order valence-corrected chi connectivity index (χ2v) is 12.5. The molecule has 3 aliphatic heterocycles. The average Bonchev–Trinajstić information content (AvgIpc) is 3.21. The normalized spacial score (nSPS) is 28.2. The molecule has 2 aromatic carbocycles. The Morgan fingerprint density at radius 3 is 2.37 bits per heavy atom. The summed E-state index contributed by atoms with van der Waals surface area (Å²) in [6, 6.07) is 19.0. The van der Waals surface area contributed by atoms with Crippen LogP contribution in [0.3, 0.4) is 0 Å². The van der Waals surface area contributed by atoms with Gasteiger partial charge in [0, 0.05) is 36.9 Å². The lowest BCUT2D eigenvalue weighted by Crippen LogP contribution is -2.38. The van der Waals surface area contributed by atoms with Crippen molar-refractivity contribution >= 4 is 35.7 Å². The Kier molecular flexibility index (Phi) is 4.86. The van der Waals surface area contributed by atoms with E-state index in [1.807, 2.05) is 12.3 Å². The van der Waals surface area contributed by atoms with Crippen molar-refractivity contribution in [2.24, 2.45) is 5.10 Å². The highest BCUT2D eigenvalue weighted by Gasteiger charge is 2.48. The summed E-state index contributed by atoms with van der Waals surface area (Å²) in [7, 11) is 2.16. The predicted molar refractivity (Wildman–Crippen MR) is 129 cm³/mol. The van der Waals surface area contributed by atoms with E-state index in [-0.39, 0.29) is 5.41 Å². The van der Waals surface area contributed by atoms with Gasteiger partial charge in [-0.3, -0.25) is 0 Å². The molecular weight excluding hydrogens is 411 g/mol. The number of para-hydroxylation sites is 2. The van der Waals surface area contributed by atoms with Crippen LogP contribution in [-0.4, -0.2) is 44.2 Å². The van der Waals surface area contributed by atoms with Crippen molar-refractivity contribution < 1.29 is 4.74 Å². The van der Waals surface area contributed by atoms with Gasteiger partial charge in [0.05, 0.1) is 30.4 Å². The second kappa shape index (κ2) is 7.31. The van der Waals surface area contributed by atoms with E-state index < -0.39 is 6.34 Å². The molecule has 0 unspecified atom stereocenters. The van der Waals surface area contributed by atoms with E-state index in [0.717, 1.165) is 18.8 Å². The number of morpholine rings is 1. The summed E-state index contributed by atoms with van der Waals surface area (Å²) in [6.07, 6.45) is -0.316. The van der Waals surface area contributed by atoms with Crippen molar-refractivity contribution in [3.63, 3.8) is 0 Å². The standard InChI is InChI=1S/C23H27N4OPS/c1-23(2)19-11-7-8-12-20(19)25(3)22(23)21-17-24-27(18-9-5-4-6-10-18)29(21,30)26-13-15-28-16-14-26/h4-12,17H,13-16H2,1-3H3/b22-21-/t29-/m1/s1. The summed E-state index contributed by atoms with van der Waals surface area (Å²) in [6.45, 7) is 7.69. The highest BCUT2D eigenvalue weighted by molar-refractivity contribution is 8.16. The zero-order valence-electron chi connectivity index (χ0n) is 17.7. The van der Waals surface area contributed by atoms with E-state index in [4.69, 9.17) is 21.6 Å². The van der Waals surface area contributed by atoms with Crippen LogP contribution >= 0.6 is 6.34 Å². The molecule has 30 heavy (non-hydrogen) atoms. The molecule has 0 spiro atoms. The topological polar surface area (TPSA) is 31.3 Å². The summed E-state index contributed by atoms with van der Waals surface area (Å²) in [5.74, 6) is 0. The molecule has 3 aliphatic rings. The van der Waals surface area contributed by atoms with Crippen molar-refractivity contribution in [1.29, 1.82) is 0 Å².